The van der Waals surface area contributed by atoms with Crippen molar-refractivity contribution in [2.24, 2.45) is 0 Å². The van der Waals surface area contributed by atoms with Crippen molar-refractivity contribution in [2.45, 2.75) is 26.3 Å². The van der Waals surface area contributed by atoms with Gasteiger partial charge in [-0.3, -0.25) is 4.79 Å². The van der Waals surface area contributed by atoms with E-state index in [1.807, 2.05) is 31.2 Å². The average molecular weight is 271 g/mol. The lowest BCUT2D eigenvalue weighted by atomic mass is 10.0. The van der Waals surface area contributed by atoms with Crippen LogP contribution in [0.2, 0.25) is 0 Å². The van der Waals surface area contributed by atoms with Gasteiger partial charge in [0.1, 0.15) is 0 Å². The van der Waals surface area contributed by atoms with E-state index in [4.69, 9.17) is 4.52 Å². The molecule has 1 aliphatic heterocycles. The van der Waals surface area contributed by atoms with Crippen LogP contribution in [0.15, 0.2) is 28.8 Å². The minimum Gasteiger partial charge on any atom is -0.385 e. The number of fused-ring (bicyclic) bond motifs is 1. The molecule has 0 spiro atoms. The Morgan fingerprint density at radius 1 is 1.45 bits per heavy atom. The molecule has 1 aromatic heterocycles. The topological polar surface area (TPSA) is 67.2 Å². The number of rotatable bonds is 3. The zero-order chi connectivity index (χ0) is 13.9. The first-order valence-corrected chi connectivity index (χ1v) is 6.79. The predicted molar refractivity (Wildman–Crippen MR) is 75.7 cm³/mol. The van der Waals surface area contributed by atoms with Gasteiger partial charge in [0.05, 0.1) is 12.2 Å². The van der Waals surface area contributed by atoms with E-state index in [-0.39, 0.29) is 5.91 Å². The van der Waals surface area contributed by atoms with Gasteiger partial charge in [0.15, 0.2) is 5.76 Å². The Labute approximate surface area is 117 Å². The normalized spacial score (nSPS) is 13.4. The largest absolute Gasteiger partial charge is 0.385 e. The van der Waals surface area contributed by atoms with Crippen LogP contribution in [0.1, 0.15) is 33.8 Å². The molecular formula is C15H17N3O2. The molecule has 2 N–H and O–H groups in total. The Kier molecular flexibility index (Phi) is 3.41. The SMILES string of the molecule is Cc1cc(CNC(=O)c2ccc3c(c2)CCCN3)on1. The molecule has 2 heterocycles. The van der Waals surface area contributed by atoms with Crippen molar-refractivity contribution < 1.29 is 9.32 Å². The Bertz CT molecular complexity index is 634. The highest BCUT2D eigenvalue weighted by molar-refractivity contribution is 5.94. The van der Waals surface area contributed by atoms with Crippen LogP contribution in [0, 0.1) is 6.92 Å². The lowest BCUT2D eigenvalue weighted by Crippen LogP contribution is -2.23. The maximum atomic E-state index is 12.1. The van der Waals surface area contributed by atoms with Crippen LogP contribution in [0.3, 0.4) is 0 Å². The van der Waals surface area contributed by atoms with Crippen molar-refractivity contribution in [3.63, 3.8) is 0 Å². The number of anilines is 1. The Morgan fingerprint density at radius 3 is 3.15 bits per heavy atom. The molecule has 1 amide bonds. The smallest absolute Gasteiger partial charge is 0.251 e. The second kappa shape index (κ2) is 5.36. The van der Waals surface area contributed by atoms with Crippen molar-refractivity contribution in [3.8, 4) is 0 Å². The van der Waals surface area contributed by atoms with Gasteiger partial charge in [-0.1, -0.05) is 5.16 Å². The third-order valence-corrected chi connectivity index (χ3v) is 3.41. The zero-order valence-electron chi connectivity index (χ0n) is 11.4. The standard InChI is InChI=1S/C15H17N3O2/c1-10-7-13(20-18-10)9-17-15(19)12-4-5-14-11(8-12)3-2-6-16-14/h4-5,7-8,16H,2-3,6,9H2,1H3,(H,17,19). The summed E-state index contributed by atoms with van der Waals surface area (Å²) in [5.41, 5.74) is 3.84. The quantitative estimate of drug-likeness (QED) is 0.898. The van der Waals surface area contributed by atoms with Gasteiger partial charge in [-0.15, -0.1) is 0 Å². The fourth-order valence-corrected chi connectivity index (χ4v) is 2.39. The van der Waals surface area contributed by atoms with Crippen molar-refractivity contribution in [1.29, 1.82) is 0 Å². The summed E-state index contributed by atoms with van der Waals surface area (Å²) in [6.07, 6.45) is 2.13. The first-order chi connectivity index (χ1) is 9.72. The summed E-state index contributed by atoms with van der Waals surface area (Å²) < 4.78 is 5.07. The van der Waals surface area contributed by atoms with Gasteiger partial charge < -0.3 is 15.2 Å². The van der Waals surface area contributed by atoms with E-state index in [1.165, 1.54) is 5.56 Å². The Morgan fingerprint density at radius 2 is 2.35 bits per heavy atom. The molecule has 0 unspecified atom stereocenters. The lowest BCUT2D eigenvalue weighted by Gasteiger charge is -2.18. The molecule has 0 atom stereocenters. The lowest BCUT2D eigenvalue weighted by molar-refractivity contribution is 0.0947. The summed E-state index contributed by atoms with van der Waals surface area (Å²) in [4.78, 5) is 12.1. The van der Waals surface area contributed by atoms with Gasteiger partial charge in [-0.2, -0.15) is 0 Å². The fourth-order valence-electron chi connectivity index (χ4n) is 2.39. The summed E-state index contributed by atoms with van der Waals surface area (Å²) in [5.74, 6) is 0.572. The molecule has 104 valence electrons. The molecule has 0 bridgehead atoms. The van der Waals surface area contributed by atoms with Gasteiger partial charge in [0.25, 0.3) is 5.91 Å². The molecular weight excluding hydrogens is 254 g/mol. The van der Waals surface area contributed by atoms with Gasteiger partial charge in [0.2, 0.25) is 0 Å². The molecule has 0 saturated carbocycles. The maximum Gasteiger partial charge on any atom is 0.251 e. The number of hydrogen-bond donors (Lipinski definition) is 2. The van der Waals surface area contributed by atoms with Crippen LogP contribution in [-0.4, -0.2) is 17.6 Å². The minimum absolute atomic E-state index is 0.0903. The van der Waals surface area contributed by atoms with E-state index in [2.05, 4.69) is 15.8 Å². The highest BCUT2D eigenvalue weighted by atomic mass is 16.5. The Balaban J connectivity index is 1.67. The van der Waals surface area contributed by atoms with Crippen LogP contribution in [-0.2, 0) is 13.0 Å². The van der Waals surface area contributed by atoms with Crippen molar-refractivity contribution in [3.05, 3.63) is 46.8 Å². The average Bonchev–Trinajstić information content (AvgIpc) is 2.90. The number of aromatic nitrogens is 1. The second-order valence-electron chi connectivity index (χ2n) is 5.02. The van der Waals surface area contributed by atoms with Crippen LogP contribution in [0.4, 0.5) is 5.69 Å². The number of nitrogens with zero attached hydrogens (tertiary/aromatic N) is 1. The first-order valence-electron chi connectivity index (χ1n) is 6.79. The summed E-state index contributed by atoms with van der Waals surface area (Å²) >= 11 is 0. The van der Waals surface area contributed by atoms with Crippen molar-refractivity contribution >= 4 is 11.6 Å². The van der Waals surface area contributed by atoms with E-state index >= 15 is 0 Å². The number of nitrogens with one attached hydrogen (secondary N) is 2. The third kappa shape index (κ3) is 2.66. The molecule has 1 aliphatic rings. The number of carbonyl (C=O) groups is 1. The predicted octanol–water partition coefficient (Wildman–Crippen LogP) is 2.27. The third-order valence-electron chi connectivity index (χ3n) is 3.41. The second-order valence-corrected chi connectivity index (χ2v) is 5.02. The van der Waals surface area contributed by atoms with E-state index < -0.39 is 0 Å². The molecule has 3 rings (SSSR count). The van der Waals surface area contributed by atoms with Gasteiger partial charge in [0, 0.05) is 23.9 Å². The number of aryl methyl sites for hydroxylation is 2. The summed E-state index contributed by atoms with van der Waals surface area (Å²) in [6, 6.07) is 7.60. The monoisotopic (exact) mass is 271 g/mol. The van der Waals surface area contributed by atoms with E-state index in [0.717, 1.165) is 30.8 Å². The highest BCUT2D eigenvalue weighted by Crippen LogP contribution is 2.22. The maximum absolute atomic E-state index is 12.1. The number of hydrogen-bond acceptors (Lipinski definition) is 4. The molecule has 1 aromatic carbocycles. The molecule has 5 nitrogen and oxygen atoms in total. The number of amides is 1. The zero-order valence-corrected chi connectivity index (χ0v) is 11.4. The number of benzene rings is 1. The van der Waals surface area contributed by atoms with E-state index in [1.54, 1.807) is 0 Å². The summed E-state index contributed by atoms with van der Waals surface area (Å²) in [6.45, 7) is 3.21. The molecule has 0 fully saturated rings. The van der Waals surface area contributed by atoms with Gasteiger partial charge in [-0.25, -0.2) is 0 Å². The number of carbonyl (C=O) groups excluding carboxylic acids is 1. The highest BCUT2D eigenvalue weighted by Gasteiger charge is 2.12. The summed E-state index contributed by atoms with van der Waals surface area (Å²) in [7, 11) is 0. The van der Waals surface area contributed by atoms with Crippen molar-refractivity contribution in [2.75, 3.05) is 11.9 Å². The van der Waals surface area contributed by atoms with Crippen molar-refractivity contribution in [1.82, 2.24) is 10.5 Å². The first kappa shape index (κ1) is 12.7. The molecule has 20 heavy (non-hydrogen) atoms. The molecule has 5 heteroatoms. The minimum atomic E-state index is -0.0903. The molecule has 0 aliphatic carbocycles. The van der Waals surface area contributed by atoms with Crippen LogP contribution >= 0.6 is 0 Å². The summed E-state index contributed by atoms with van der Waals surface area (Å²) in [5, 5.41) is 9.97. The van der Waals surface area contributed by atoms with Crippen LogP contribution in [0.5, 0.6) is 0 Å². The van der Waals surface area contributed by atoms with Crippen LogP contribution < -0.4 is 10.6 Å². The fraction of sp³-hybridized carbons (Fsp3) is 0.333. The van der Waals surface area contributed by atoms with Gasteiger partial charge >= 0.3 is 0 Å². The Hall–Kier alpha value is -2.30. The van der Waals surface area contributed by atoms with E-state index in [9.17, 15) is 4.79 Å². The molecule has 0 saturated heterocycles. The van der Waals surface area contributed by atoms with Gasteiger partial charge in [-0.05, 0) is 43.5 Å². The molecule has 0 radical (unpaired) electrons. The molecule has 2 aromatic rings. The van der Waals surface area contributed by atoms with E-state index in [0.29, 0.717) is 17.9 Å². The van der Waals surface area contributed by atoms with Crippen LogP contribution in [0.25, 0.3) is 0 Å².